The first kappa shape index (κ1) is 18.8. The van der Waals surface area contributed by atoms with Crippen molar-refractivity contribution in [1.29, 1.82) is 0 Å². The number of nitrogens with one attached hydrogen (secondary N) is 1. The number of nitrogens with two attached hydrogens (primary N) is 1. The Balaban J connectivity index is 1.70. The van der Waals surface area contributed by atoms with Crippen molar-refractivity contribution in [1.82, 2.24) is 0 Å². The maximum absolute atomic E-state index is 12.5. The Kier molecular flexibility index (Phi) is 5.13. The van der Waals surface area contributed by atoms with Crippen molar-refractivity contribution in [3.63, 3.8) is 0 Å². The Labute approximate surface area is 157 Å². The minimum atomic E-state index is -3.63. The Bertz CT molecular complexity index is 957. The van der Waals surface area contributed by atoms with Gasteiger partial charge in [0.1, 0.15) is 5.75 Å². The van der Waals surface area contributed by atoms with Crippen LogP contribution in [0.5, 0.6) is 17.2 Å². The van der Waals surface area contributed by atoms with Crippen LogP contribution < -0.4 is 25.3 Å². The second kappa shape index (κ2) is 7.36. The van der Waals surface area contributed by atoms with E-state index in [2.05, 4.69) is 5.32 Å². The van der Waals surface area contributed by atoms with Crippen molar-refractivity contribution in [2.75, 3.05) is 30.7 Å². The molecule has 1 atom stereocenters. The molecule has 0 aromatic heterocycles. The molecule has 1 unspecified atom stereocenters. The van der Waals surface area contributed by atoms with E-state index in [1.54, 1.807) is 31.2 Å². The van der Waals surface area contributed by atoms with Crippen LogP contribution in [-0.2, 0) is 14.6 Å². The summed E-state index contributed by atoms with van der Waals surface area (Å²) in [7, 11) is -2.14. The average molecular weight is 392 g/mol. The van der Waals surface area contributed by atoms with Gasteiger partial charge in [0.25, 0.3) is 0 Å². The first-order chi connectivity index (χ1) is 12.8. The molecule has 1 amide bonds. The molecule has 0 spiro atoms. The summed E-state index contributed by atoms with van der Waals surface area (Å²) in [6.45, 7) is 1.63. The van der Waals surface area contributed by atoms with Crippen LogP contribution in [0.4, 0.5) is 11.4 Å². The summed E-state index contributed by atoms with van der Waals surface area (Å²) < 4.78 is 40.6. The van der Waals surface area contributed by atoms with E-state index in [1.807, 2.05) is 0 Å². The first-order valence-corrected chi connectivity index (χ1v) is 9.82. The van der Waals surface area contributed by atoms with Gasteiger partial charge in [0.05, 0.1) is 29.1 Å². The minimum absolute atomic E-state index is 0.0860. The van der Waals surface area contributed by atoms with Gasteiger partial charge in [0.2, 0.25) is 12.7 Å². The third-order valence-corrected chi connectivity index (χ3v) is 6.07. The number of nitrogen functional groups attached to an aromatic ring is 1. The van der Waals surface area contributed by atoms with Crippen LogP contribution in [-0.4, -0.2) is 34.0 Å². The number of amides is 1. The van der Waals surface area contributed by atoms with Crippen LogP contribution in [0.3, 0.4) is 0 Å². The fourth-order valence-corrected chi connectivity index (χ4v) is 4.16. The van der Waals surface area contributed by atoms with E-state index in [1.165, 1.54) is 19.2 Å². The molecule has 8 nitrogen and oxygen atoms in total. The number of carbonyl (C=O) groups excluding carboxylic acids is 1. The number of benzene rings is 2. The number of sulfone groups is 1. The zero-order valence-corrected chi connectivity index (χ0v) is 15.7. The molecule has 2 aromatic carbocycles. The van der Waals surface area contributed by atoms with Gasteiger partial charge in [-0.2, -0.15) is 0 Å². The van der Waals surface area contributed by atoms with Gasteiger partial charge in [0.15, 0.2) is 21.3 Å². The molecule has 1 aliphatic heterocycles. The molecule has 1 heterocycles. The number of hydrogen-bond acceptors (Lipinski definition) is 7. The van der Waals surface area contributed by atoms with E-state index < -0.39 is 21.7 Å². The van der Waals surface area contributed by atoms with Crippen LogP contribution >= 0.6 is 0 Å². The van der Waals surface area contributed by atoms with Crippen molar-refractivity contribution in [2.24, 2.45) is 5.92 Å². The lowest BCUT2D eigenvalue weighted by Gasteiger charge is -2.14. The third kappa shape index (κ3) is 4.08. The monoisotopic (exact) mass is 392 g/mol. The van der Waals surface area contributed by atoms with Crippen molar-refractivity contribution < 1.29 is 27.4 Å². The molecule has 27 heavy (non-hydrogen) atoms. The van der Waals surface area contributed by atoms with Crippen molar-refractivity contribution in [3.8, 4) is 17.2 Å². The van der Waals surface area contributed by atoms with Gasteiger partial charge < -0.3 is 25.3 Å². The van der Waals surface area contributed by atoms with Crippen molar-refractivity contribution in [3.05, 3.63) is 36.4 Å². The van der Waals surface area contributed by atoms with Crippen LogP contribution in [0, 0.1) is 5.92 Å². The standard InChI is InChI=1S/C18H20N2O6S/c1-11(9-27(22,23)13-5-3-12(24-2)4-6-13)18(21)20-15-8-17-16(7-14(15)19)25-10-26-17/h3-8,11H,9-10,19H2,1-2H3,(H,20,21). The topological polar surface area (TPSA) is 117 Å². The molecule has 144 valence electrons. The van der Waals surface area contributed by atoms with Gasteiger partial charge >= 0.3 is 0 Å². The molecule has 0 radical (unpaired) electrons. The van der Waals surface area contributed by atoms with Crippen LogP contribution in [0.15, 0.2) is 41.3 Å². The van der Waals surface area contributed by atoms with E-state index in [0.717, 1.165) is 0 Å². The summed E-state index contributed by atoms with van der Waals surface area (Å²) in [5.74, 6) is -0.0634. The molecule has 0 saturated heterocycles. The summed E-state index contributed by atoms with van der Waals surface area (Å²) in [4.78, 5) is 12.6. The average Bonchev–Trinajstić information content (AvgIpc) is 3.08. The SMILES string of the molecule is COc1ccc(S(=O)(=O)CC(C)C(=O)Nc2cc3c(cc2N)OCO3)cc1. The van der Waals surface area contributed by atoms with Gasteiger partial charge in [-0.15, -0.1) is 0 Å². The highest BCUT2D eigenvalue weighted by Crippen LogP contribution is 2.38. The minimum Gasteiger partial charge on any atom is -0.497 e. The van der Waals surface area contributed by atoms with Gasteiger partial charge in [-0.25, -0.2) is 8.42 Å². The summed E-state index contributed by atoms with van der Waals surface area (Å²) in [5, 5.41) is 2.65. The fraction of sp³-hybridized carbons (Fsp3) is 0.278. The lowest BCUT2D eigenvalue weighted by molar-refractivity contribution is -0.118. The third-order valence-electron chi connectivity index (χ3n) is 4.14. The number of carbonyl (C=O) groups is 1. The number of methoxy groups -OCH3 is 1. The van der Waals surface area contributed by atoms with Crippen LogP contribution in [0.2, 0.25) is 0 Å². The van der Waals surface area contributed by atoms with Crippen molar-refractivity contribution >= 4 is 27.1 Å². The highest BCUT2D eigenvalue weighted by atomic mass is 32.2. The Hall–Kier alpha value is -2.94. The highest BCUT2D eigenvalue weighted by Gasteiger charge is 2.25. The van der Waals surface area contributed by atoms with Gasteiger partial charge in [-0.3, -0.25) is 4.79 Å². The lowest BCUT2D eigenvalue weighted by atomic mass is 10.2. The molecule has 0 fully saturated rings. The Morgan fingerprint density at radius 2 is 1.85 bits per heavy atom. The fourth-order valence-electron chi connectivity index (χ4n) is 2.61. The number of rotatable bonds is 6. The molecule has 3 rings (SSSR count). The van der Waals surface area contributed by atoms with E-state index in [0.29, 0.717) is 28.6 Å². The lowest BCUT2D eigenvalue weighted by Crippen LogP contribution is -2.27. The van der Waals surface area contributed by atoms with Crippen molar-refractivity contribution in [2.45, 2.75) is 11.8 Å². The largest absolute Gasteiger partial charge is 0.497 e. The summed E-state index contributed by atoms with van der Waals surface area (Å²) in [6.07, 6.45) is 0. The molecule has 0 aliphatic carbocycles. The molecular weight excluding hydrogens is 372 g/mol. The summed E-state index contributed by atoms with van der Waals surface area (Å²) in [5.41, 5.74) is 6.56. The molecule has 0 bridgehead atoms. The summed E-state index contributed by atoms with van der Waals surface area (Å²) in [6, 6.07) is 9.13. The second-order valence-electron chi connectivity index (χ2n) is 6.14. The molecule has 2 aromatic rings. The normalized spacial score (nSPS) is 13.9. The summed E-state index contributed by atoms with van der Waals surface area (Å²) >= 11 is 0. The van der Waals surface area contributed by atoms with Gasteiger partial charge in [-0.1, -0.05) is 6.92 Å². The molecule has 9 heteroatoms. The van der Waals surface area contributed by atoms with E-state index in [4.69, 9.17) is 19.9 Å². The number of anilines is 2. The Morgan fingerprint density at radius 3 is 2.48 bits per heavy atom. The molecule has 1 aliphatic rings. The smallest absolute Gasteiger partial charge is 0.231 e. The number of hydrogen-bond donors (Lipinski definition) is 2. The van der Waals surface area contributed by atoms with Gasteiger partial charge in [0, 0.05) is 18.1 Å². The first-order valence-electron chi connectivity index (χ1n) is 8.17. The van der Waals surface area contributed by atoms with E-state index in [-0.39, 0.29) is 17.4 Å². The van der Waals surface area contributed by atoms with E-state index in [9.17, 15) is 13.2 Å². The zero-order valence-electron chi connectivity index (χ0n) is 14.9. The maximum atomic E-state index is 12.5. The van der Waals surface area contributed by atoms with E-state index >= 15 is 0 Å². The Morgan fingerprint density at radius 1 is 1.22 bits per heavy atom. The van der Waals surface area contributed by atoms with Gasteiger partial charge in [-0.05, 0) is 24.3 Å². The zero-order chi connectivity index (χ0) is 19.6. The molecular formula is C18H20N2O6S. The second-order valence-corrected chi connectivity index (χ2v) is 8.17. The maximum Gasteiger partial charge on any atom is 0.231 e. The number of fused-ring (bicyclic) bond motifs is 1. The predicted molar refractivity (Wildman–Crippen MR) is 99.8 cm³/mol. The quantitative estimate of drug-likeness (QED) is 0.723. The predicted octanol–water partition coefficient (Wildman–Crippen LogP) is 2.05. The molecule has 0 saturated carbocycles. The molecule has 3 N–H and O–H groups in total. The highest BCUT2D eigenvalue weighted by molar-refractivity contribution is 7.91. The number of ether oxygens (including phenoxy) is 3. The van der Waals surface area contributed by atoms with Crippen LogP contribution in [0.25, 0.3) is 0 Å². The van der Waals surface area contributed by atoms with Crippen LogP contribution in [0.1, 0.15) is 6.92 Å².